The van der Waals surface area contributed by atoms with Crippen molar-refractivity contribution < 1.29 is 13.9 Å². The Bertz CT molecular complexity index is 732. The Morgan fingerprint density at radius 2 is 2.22 bits per heavy atom. The summed E-state index contributed by atoms with van der Waals surface area (Å²) in [6, 6.07) is 6.67. The Balaban J connectivity index is 1.75. The fourth-order valence-corrected chi connectivity index (χ4v) is 3.24. The Morgan fingerprint density at radius 3 is 3.00 bits per heavy atom. The van der Waals surface area contributed by atoms with Crippen LogP contribution in [0.3, 0.4) is 0 Å². The molecule has 0 spiro atoms. The summed E-state index contributed by atoms with van der Waals surface area (Å²) in [5.41, 5.74) is 2.79. The van der Waals surface area contributed by atoms with E-state index in [1.165, 1.54) is 12.1 Å². The number of fused-ring (bicyclic) bond motifs is 1. The van der Waals surface area contributed by atoms with Crippen molar-refractivity contribution in [3.8, 4) is 0 Å². The third kappa shape index (κ3) is 3.50. The molecule has 23 heavy (non-hydrogen) atoms. The zero-order chi connectivity index (χ0) is 16.4. The van der Waals surface area contributed by atoms with Crippen LogP contribution in [-0.2, 0) is 16.0 Å². The number of likely N-dealkylation sites (tertiary alicyclic amines) is 1. The first-order valence-corrected chi connectivity index (χ1v) is 7.89. The molecule has 1 saturated heterocycles. The predicted octanol–water partition coefficient (Wildman–Crippen LogP) is 2.72. The molecule has 0 radical (unpaired) electrons. The minimum Gasteiger partial charge on any atom is -0.383 e. The number of hydrogen-bond acceptors (Lipinski definition) is 3. The van der Waals surface area contributed by atoms with E-state index in [1.807, 2.05) is 17.9 Å². The molecule has 3 rings (SSSR count). The van der Waals surface area contributed by atoms with Crippen LogP contribution in [-0.4, -0.2) is 42.6 Å². The van der Waals surface area contributed by atoms with Gasteiger partial charge in [-0.2, -0.15) is 0 Å². The minimum atomic E-state index is -0.245. The molecule has 1 aliphatic heterocycles. The van der Waals surface area contributed by atoms with Gasteiger partial charge in [-0.25, -0.2) is 4.39 Å². The standard InChI is InChI=1S/C18H21FN2O2/c1-12-7-15(20-17-4-3-14(19)10-16(12)17)8-13-9-18(22)21(11-13)5-6-23-2/h3-4,7,10,13H,5-6,8-9,11H2,1-2H3. The fraction of sp³-hybridized carbons (Fsp3) is 0.444. The lowest BCUT2D eigenvalue weighted by Gasteiger charge is -2.16. The van der Waals surface area contributed by atoms with Crippen LogP contribution in [0.1, 0.15) is 17.7 Å². The highest BCUT2D eigenvalue weighted by Gasteiger charge is 2.29. The van der Waals surface area contributed by atoms with Crippen molar-refractivity contribution in [2.45, 2.75) is 19.8 Å². The number of halogens is 1. The van der Waals surface area contributed by atoms with E-state index in [0.717, 1.165) is 35.1 Å². The Labute approximate surface area is 135 Å². The fourth-order valence-electron chi connectivity index (χ4n) is 3.24. The maximum atomic E-state index is 13.4. The molecule has 5 heteroatoms. The van der Waals surface area contributed by atoms with Gasteiger partial charge in [0, 0.05) is 37.7 Å². The third-order valence-electron chi connectivity index (χ3n) is 4.39. The smallest absolute Gasteiger partial charge is 0.223 e. The Kier molecular flexibility index (Phi) is 4.57. The molecule has 0 N–H and O–H groups in total. The van der Waals surface area contributed by atoms with Gasteiger partial charge in [0.15, 0.2) is 0 Å². The molecule has 0 aliphatic carbocycles. The van der Waals surface area contributed by atoms with Crippen molar-refractivity contribution in [3.63, 3.8) is 0 Å². The number of aromatic nitrogens is 1. The lowest BCUT2D eigenvalue weighted by molar-refractivity contribution is -0.128. The molecule has 0 bridgehead atoms. The highest BCUT2D eigenvalue weighted by molar-refractivity contribution is 5.82. The predicted molar refractivity (Wildman–Crippen MR) is 86.7 cm³/mol. The molecule has 1 fully saturated rings. The molecular weight excluding hydrogens is 295 g/mol. The number of carbonyl (C=O) groups is 1. The lowest BCUT2D eigenvalue weighted by atomic mass is 10.00. The second-order valence-corrected chi connectivity index (χ2v) is 6.20. The second kappa shape index (κ2) is 6.62. The van der Waals surface area contributed by atoms with E-state index in [9.17, 15) is 9.18 Å². The highest BCUT2D eigenvalue weighted by atomic mass is 19.1. The number of ether oxygens (including phenoxy) is 1. The van der Waals surface area contributed by atoms with Crippen LogP contribution in [0, 0.1) is 18.7 Å². The van der Waals surface area contributed by atoms with Gasteiger partial charge in [-0.15, -0.1) is 0 Å². The van der Waals surface area contributed by atoms with E-state index < -0.39 is 0 Å². The number of nitrogens with zero attached hydrogens (tertiary/aromatic N) is 2. The summed E-state index contributed by atoms with van der Waals surface area (Å²) < 4.78 is 18.4. The monoisotopic (exact) mass is 316 g/mol. The summed E-state index contributed by atoms with van der Waals surface area (Å²) in [4.78, 5) is 18.5. The quantitative estimate of drug-likeness (QED) is 0.852. The molecule has 1 atom stereocenters. The maximum Gasteiger partial charge on any atom is 0.223 e. The zero-order valence-electron chi connectivity index (χ0n) is 13.5. The van der Waals surface area contributed by atoms with Crippen molar-refractivity contribution >= 4 is 16.8 Å². The maximum absolute atomic E-state index is 13.4. The number of carbonyl (C=O) groups excluding carboxylic acids is 1. The first-order valence-electron chi connectivity index (χ1n) is 7.89. The number of rotatable bonds is 5. The average Bonchev–Trinajstić information content (AvgIpc) is 2.85. The van der Waals surface area contributed by atoms with Gasteiger partial charge in [-0.3, -0.25) is 9.78 Å². The van der Waals surface area contributed by atoms with Crippen molar-refractivity contribution in [2.24, 2.45) is 5.92 Å². The zero-order valence-corrected chi connectivity index (χ0v) is 13.5. The molecule has 122 valence electrons. The summed E-state index contributed by atoms with van der Waals surface area (Å²) in [6.07, 6.45) is 1.33. The van der Waals surface area contributed by atoms with Crippen LogP contribution in [0.2, 0.25) is 0 Å². The topological polar surface area (TPSA) is 42.4 Å². The third-order valence-corrected chi connectivity index (χ3v) is 4.39. The van der Waals surface area contributed by atoms with Gasteiger partial charge in [0.2, 0.25) is 5.91 Å². The summed E-state index contributed by atoms with van der Waals surface area (Å²) in [5.74, 6) is 0.223. The molecule has 1 aliphatic rings. The Hall–Kier alpha value is -2.01. The summed E-state index contributed by atoms with van der Waals surface area (Å²) in [6.45, 7) is 3.94. The summed E-state index contributed by atoms with van der Waals surface area (Å²) >= 11 is 0. The number of benzene rings is 1. The van der Waals surface area contributed by atoms with Gasteiger partial charge >= 0.3 is 0 Å². The Morgan fingerprint density at radius 1 is 1.39 bits per heavy atom. The van der Waals surface area contributed by atoms with E-state index in [2.05, 4.69) is 4.98 Å². The second-order valence-electron chi connectivity index (χ2n) is 6.20. The van der Waals surface area contributed by atoms with Gasteiger partial charge in [-0.1, -0.05) is 0 Å². The van der Waals surface area contributed by atoms with Gasteiger partial charge < -0.3 is 9.64 Å². The minimum absolute atomic E-state index is 0.187. The lowest BCUT2D eigenvalue weighted by Crippen LogP contribution is -2.29. The molecule has 2 aromatic rings. The van der Waals surface area contributed by atoms with Crippen LogP contribution in [0.4, 0.5) is 4.39 Å². The molecule has 1 aromatic heterocycles. The molecular formula is C18H21FN2O2. The largest absolute Gasteiger partial charge is 0.383 e. The van der Waals surface area contributed by atoms with Crippen LogP contribution in [0.25, 0.3) is 10.9 Å². The first-order chi connectivity index (χ1) is 11.1. The highest BCUT2D eigenvalue weighted by Crippen LogP contribution is 2.24. The van der Waals surface area contributed by atoms with Gasteiger partial charge in [0.25, 0.3) is 0 Å². The van der Waals surface area contributed by atoms with Crippen molar-refractivity contribution in [1.29, 1.82) is 0 Å². The van der Waals surface area contributed by atoms with Crippen LogP contribution in [0.5, 0.6) is 0 Å². The molecule has 1 unspecified atom stereocenters. The van der Waals surface area contributed by atoms with Gasteiger partial charge in [-0.05, 0) is 49.1 Å². The van der Waals surface area contributed by atoms with Crippen LogP contribution >= 0.6 is 0 Å². The molecule has 1 aromatic carbocycles. The molecule has 2 heterocycles. The number of hydrogen-bond donors (Lipinski definition) is 0. The van der Waals surface area contributed by atoms with E-state index in [1.54, 1.807) is 13.2 Å². The van der Waals surface area contributed by atoms with E-state index in [4.69, 9.17) is 4.74 Å². The molecule has 0 saturated carbocycles. The molecule has 4 nitrogen and oxygen atoms in total. The van der Waals surface area contributed by atoms with Crippen molar-refractivity contribution in [3.05, 3.63) is 41.3 Å². The van der Waals surface area contributed by atoms with Crippen LogP contribution in [0.15, 0.2) is 24.3 Å². The van der Waals surface area contributed by atoms with E-state index >= 15 is 0 Å². The number of aryl methyl sites for hydroxylation is 1. The van der Waals surface area contributed by atoms with Gasteiger partial charge in [0.05, 0.1) is 12.1 Å². The van der Waals surface area contributed by atoms with Crippen molar-refractivity contribution in [1.82, 2.24) is 9.88 Å². The average molecular weight is 316 g/mol. The number of methoxy groups -OCH3 is 1. The number of amides is 1. The first kappa shape index (κ1) is 15.9. The van der Waals surface area contributed by atoms with E-state index in [0.29, 0.717) is 19.6 Å². The summed E-state index contributed by atoms with van der Waals surface area (Å²) in [7, 11) is 1.64. The number of pyridine rings is 1. The summed E-state index contributed by atoms with van der Waals surface area (Å²) in [5, 5.41) is 0.845. The normalized spacial score (nSPS) is 18.1. The SMILES string of the molecule is COCCN1CC(Cc2cc(C)c3cc(F)ccc3n2)CC1=O. The molecule has 1 amide bonds. The van der Waals surface area contributed by atoms with Crippen molar-refractivity contribution in [2.75, 3.05) is 26.8 Å². The van der Waals surface area contributed by atoms with Gasteiger partial charge in [0.1, 0.15) is 5.82 Å². The van der Waals surface area contributed by atoms with Crippen LogP contribution < -0.4 is 0 Å². The van der Waals surface area contributed by atoms with E-state index in [-0.39, 0.29) is 17.6 Å².